The summed E-state index contributed by atoms with van der Waals surface area (Å²) in [6, 6.07) is 20.7. The van der Waals surface area contributed by atoms with Gasteiger partial charge in [0, 0.05) is 11.1 Å². The van der Waals surface area contributed by atoms with Gasteiger partial charge in [-0.3, -0.25) is 4.79 Å². The molecule has 26 heavy (non-hydrogen) atoms. The van der Waals surface area contributed by atoms with Crippen molar-refractivity contribution in [1.82, 2.24) is 0 Å². The van der Waals surface area contributed by atoms with E-state index in [-0.39, 0.29) is 5.57 Å². The molecular weight excluding hydrogens is 392 g/mol. The van der Waals surface area contributed by atoms with Crippen LogP contribution in [0, 0.1) is 11.3 Å². The Bertz CT molecular complexity index is 1050. The van der Waals surface area contributed by atoms with Crippen molar-refractivity contribution >= 4 is 44.4 Å². The molecule has 0 heterocycles. The SMILES string of the molecule is COc1ccc(/C=C(\C#N)C(=O)Nc2cccc3ccccc23)cc1Br. The number of nitrogens with one attached hydrogen (secondary N) is 1. The number of carbonyl (C=O) groups excluding carboxylic acids is 1. The summed E-state index contributed by atoms with van der Waals surface area (Å²) >= 11 is 3.40. The summed E-state index contributed by atoms with van der Waals surface area (Å²) < 4.78 is 5.94. The third kappa shape index (κ3) is 3.76. The quantitative estimate of drug-likeness (QED) is 0.480. The Morgan fingerprint density at radius 2 is 1.92 bits per heavy atom. The summed E-state index contributed by atoms with van der Waals surface area (Å²) in [5.41, 5.74) is 1.42. The van der Waals surface area contributed by atoms with Crippen LogP contribution in [0.25, 0.3) is 16.8 Å². The van der Waals surface area contributed by atoms with Crippen LogP contribution < -0.4 is 10.1 Å². The number of halogens is 1. The van der Waals surface area contributed by atoms with E-state index in [1.807, 2.05) is 48.5 Å². The van der Waals surface area contributed by atoms with E-state index in [2.05, 4.69) is 21.2 Å². The van der Waals surface area contributed by atoms with E-state index in [4.69, 9.17) is 4.74 Å². The van der Waals surface area contributed by atoms with Crippen LogP contribution in [-0.4, -0.2) is 13.0 Å². The van der Waals surface area contributed by atoms with E-state index in [0.717, 1.165) is 20.8 Å². The first-order chi connectivity index (χ1) is 12.6. The van der Waals surface area contributed by atoms with Crippen LogP contribution in [0.15, 0.2) is 70.7 Å². The van der Waals surface area contributed by atoms with Gasteiger partial charge in [0.15, 0.2) is 0 Å². The maximum Gasteiger partial charge on any atom is 0.266 e. The molecule has 0 aromatic heterocycles. The molecule has 0 aliphatic heterocycles. The second-order valence-electron chi connectivity index (χ2n) is 5.54. The molecule has 0 radical (unpaired) electrons. The molecule has 128 valence electrons. The summed E-state index contributed by atoms with van der Waals surface area (Å²) in [7, 11) is 1.58. The van der Waals surface area contributed by atoms with Crippen molar-refractivity contribution in [1.29, 1.82) is 5.26 Å². The van der Waals surface area contributed by atoms with E-state index >= 15 is 0 Å². The van der Waals surface area contributed by atoms with Gasteiger partial charge in [0.2, 0.25) is 0 Å². The van der Waals surface area contributed by atoms with Crippen LogP contribution in [0.5, 0.6) is 5.75 Å². The minimum absolute atomic E-state index is 0.0231. The molecule has 3 aromatic carbocycles. The number of fused-ring (bicyclic) bond motifs is 1. The van der Waals surface area contributed by atoms with Gasteiger partial charge in [0.05, 0.1) is 11.6 Å². The van der Waals surface area contributed by atoms with Gasteiger partial charge in [-0.25, -0.2) is 0 Å². The summed E-state index contributed by atoms with van der Waals surface area (Å²) in [6.07, 6.45) is 1.55. The van der Waals surface area contributed by atoms with Crippen molar-refractivity contribution in [3.8, 4) is 11.8 Å². The fourth-order valence-corrected chi connectivity index (χ4v) is 3.17. The number of anilines is 1. The zero-order valence-electron chi connectivity index (χ0n) is 14.0. The number of amides is 1. The molecule has 5 heteroatoms. The highest BCUT2D eigenvalue weighted by atomic mass is 79.9. The highest BCUT2D eigenvalue weighted by Crippen LogP contribution is 2.27. The molecule has 0 fully saturated rings. The Hall–Kier alpha value is -3.10. The molecule has 1 amide bonds. The number of nitrogens with zero attached hydrogens (tertiary/aromatic N) is 1. The van der Waals surface area contributed by atoms with Crippen molar-refractivity contribution in [2.75, 3.05) is 12.4 Å². The number of ether oxygens (including phenoxy) is 1. The average Bonchev–Trinajstić information content (AvgIpc) is 2.66. The molecular formula is C21H15BrN2O2. The van der Waals surface area contributed by atoms with E-state index in [9.17, 15) is 10.1 Å². The largest absolute Gasteiger partial charge is 0.496 e. The molecule has 0 spiro atoms. The first kappa shape index (κ1) is 17.7. The van der Waals surface area contributed by atoms with Gasteiger partial charge in [-0.2, -0.15) is 5.26 Å². The zero-order chi connectivity index (χ0) is 18.5. The zero-order valence-corrected chi connectivity index (χ0v) is 15.6. The number of benzene rings is 3. The number of hydrogen-bond donors (Lipinski definition) is 1. The molecule has 3 aromatic rings. The fourth-order valence-electron chi connectivity index (χ4n) is 2.61. The molecule has 1 N–H and O–H groups in total. The maximum atomic E-state index is 12.6. The molecule has 4 nitrogen and oxygen atoms in total. The third-order valence-corrected chi connectivity index (χ3v) is 4.51. The Labute approximate surface area is 159 Å². The highest BCUT2D eigenvalue weighted by Gasteiger charge is 2.11. The fraction of sp³-hybridized carbons (Fsp3) is 0.0476. The van der Waals surface area contributed by atoms with Gasteiger partial charge in [0.1, 0.15) is 17.4 Å². The molecule has 0 atom stereocenters. The maximum absolute atomic E-state index is 12.6. The standard InChI is InChI=1S/C21H15BrN2O2/c1-26-20-10-9-14(12-18(20)22)11-16(13-23)21(25)24-19-8-4-6-15-5-2-3-7-17(15)19/h2-12H,1H3,(H,24,25)/b16-11+. The van der Waals surface area contributed by atoms with Gasteiger partial charge in [-0.05, 0) is 51.2 Å². The van der Waals surface area contributed by atoms with Gasteiger partial charge >= 0.3 is 0 Å². The normalized spacial score (nSPS) is 11.0. The Balaban J connectivity index is 1.89. The molecule has 0 aliphatic carbocycles. The smallest absolute Gasteiger partial charge is 0.266 e. The predicted molar refractivity (Wildman–Crippen MR) is 107 cm³/mol. The lowest BCUT2D eigenvalue weighted by Gasteiger charge is -2.08. The topological polar surface area (TPSA) is 62.1 Å². The highest BCUT2D eigenvalue weighted by molar-refractivity contribution is 9.10. The first-order valence-corrected chi connectivity index (χ1v) is 8.66. The summed E-state index contributed by atoms with van der Waals surface area (Å²) in [5, 5.41) is 14.2. The van der Waals surface area contributed by atoms with Gasteiger partial charge in [-0.15, -0.1) is 0 Å². The lowest BCUT2D eigenvalue weighted by Crippen LogP contribution is -2.13. The second kappa shape index (κ2) is 7.85. The lowest BCUT2D eigenvalue weighted by molar-refractivity contribution is -0.112. The summed E-state index contributed by atoms with van der Waals surface area (Å²) in [4.78, 5) is 12.6. The second-order valence-corrected chi connectivity index (χ2v) is 6.40. The van der Waals surface area contributed by atoms with Gasteiger partial charge in [0.25, 0.3) is 5.91 Å². The van der Waals surface area contributed by atoms with Crippen LogP contribution in [0.2, 0.25) is 0 Å². The first-order valence-electron chi connectivity index (χ1n) is 7.87. The van der Waals surface area contributed by atoms with E-state index in [1.165, 1.54) is 0 Å². The van der Waals surface area contributed by atoms with Crippen molar-refractivity contribution in [2.45, 2.75) is 0 Å². The predicted octanol–water partition coefficient (Wildman–Crippen LogP) is 5.16. The monoisotopic (exact) mass is 406 g/mol. The Morgan fingerprint density at radius 1 is 1.15 bits per heavy atom. The van der Waals surface area contributed by atoms with Crippen molar-refractivity contribution in [3.05, 3.63) is 76.3 Å². The van der Waals surface area contributed by atoms with Crippen molar-refractivity contribution in [2.24, 2.45) is 0 Å². The Kier molecular flexibility index (Phi) is 5.35. The van der Waals surface area contributed by atoms with Crippen molar-refractivity contribution in [3.63, 3.8) is 0 Å². The minimum Gasteiger partial charge on any atom is -0.496 e. The molecule has 0 bridgehead atoms. The molecule has 3 rings (SSSR count). The summed E-state index contributed by atoms with van der Waals surface area (Å²) in [5.74, 6) is 0.233. The van der Waals surface area contributed by atoms with Gasteiger partial charge < -0.3 is 10.1 Å². The van der Waals surface area contributed by atoms with Crippen LogP contribution >= 0.6 is 15.9 Å². The van der Waals surface area contributed by atoms with E-state index in [0.29, 0.717) is 11.4 Å². The third-order valence-electron chi connectivity index (χ3n) is 3.89. The average molecular weight is 407 g/mol. The number of rotatable bonds is 4. The molecule has 0 aliphatic rings. The van der Waals surface area contributed by atoms with Crippen LogP contribution in [0.4, 0.5) is 5.69 Å². The number of carbonyl (C=O) groups is 1. The lowest BCUT2D eigenvalue weighted by atomic mass is 10.1. The van der Waals surface area contributed by atoms with Gasteiger partial charge in [-0.1, -0.05) is 42.5 Å². The molecule has 0 saturated carbocycles. The Morgan fingerprint density at radius 3 is 2.65 bits per heavy atom. The van der Waals surface area contributed by atoms with E-state index < -0.39 is 5.91 Å². The van der Waals surface area contributed by atoms with Crippen LogP contribution in [0.1, 0.15) is 5.56 Å². The number of nitriles is 1. The number of hydrogen-bond acceptors (Lipinski definition) is 3. The molecule has 0 saturated heterocycles. The molecule has 0 unspecified atom stereocenters. The van der Waals surface area contributed by atoms with E-state index in [1.54, 1.807) is 31.4 Å². The van der Waals surface area contributed by atoms with Crippen LogP contribution in [-0.2, 0) is 4.79 Å². The minimum atomic E-state index is -0.448. The number of methoxy groups -OCH3 is 1. The van der Waals surface area contributed by atoms with Crippen LogP contribution in [0.3, 0.4) is 0 Å². The van der Waals surface area contributed by atoms with Crippen molar-refractivity contribution < 1.29 is 9.53 Å². The summed E-state index contributed by atoms with van der Waals surface area (Å²) in [6.45, 7) is 0.